The minimum atomic E-state index is -0.813. The maximum Gasteiger partial charge on any atom is 0.307 e. The number of thiazole rings is 1. The van der Waals surface area contributed by atoms with Crippen molar-refractivity contribution in [1.29, 1.82) is 0 Å². The van der Waals surface area contributed by atoms with Gasteiger partial charge in [0.15, 0.2) is 4.96 Å². The van der Waals surface area contributed by atoms with E-state index in [0.29, 0.717) is 0 Å². The normalized spacial score (nSPS) is 11.3. The molecule has 0 aliphatic carbocycles. The van der Waals surface area contributed by atoms with Crippen molar-refractivity contribution in [2.24, 2.45) is 0 Å². The van der Waals surface area contributed by atoms with Gasteiger partial charge in [-0.25, -0.2) is 4.98 Å². The van der Waals surface area contributed by atoms with Crippen molar-refractivity contribution in [2.45, 2.75) is 6.42 Å². The standard InChI is InChI=1S/C17H12N2O2S/c20-16(21)9-11-6-7-14-15(8-11)22-17-18-13(10-19(14)17)12-4-2-1-3-5-12/h1-8,10H,9H2,(H,20,21). The van der Waals surface area contributed by atoms with Crippen LogP contribution in [0.1, 0.15) is 5.56 Å². The van der Waals surface area contributed by atoms with Crippen molar-refractivity contribution in [2.75, 3.05) is 0 Å². The third-order valence-corrected chi connectivity index (χ3v) is 4.60. The molecule has 4 rings (SSSR count). The van der Waals surface area contributed by atoms with E-state index in [1.54, 1.807) is 11.3 Å². The number of carbonyl (C=O) groups is 1. The highest BCUT2D eigenvalue weighted by Crippen LogP contribution is 2.30. The molecular weight excluding hydrogens is 296 g/mol. The lowest BCUT2D eigenvalue weighted by Gasteiger charge is -1.97. The first-order valence-electron chi connectivity index (χ1n) is 6.88. The molecule has 0 saturated carbocycles. The second-order valence-corrected chi connectivity index (χ2v) is 6.13. The van der Waals surface area contributed by atoms with E-state index in [2.05, 4.69) is 9.38 Å². The summed E-state index contributed by atoms with van der Waals surface area (Å²) in [5.41, 5.74) is 3.91. The number of carboxylic acid groups (broad SMARTS) is 1. The number of aromatic nitrogens is 2. The van der Waals surface area contributed by atoms with Gasteiger partial charge in [0.2, 0.25) is 0 Å². The second-order valence-electron chi connectivity index (χ2n) is 5.12. The highest BCUT2D eigenvalue weighted by atomic mass is 32.1. The molecule has 5 heteroatoms. The molecule has 2 aromatic carbocycles. The van der Waals surface area contributed by atoms with Crippen LogP contribution in [0.4, 0.5) is 0 Å². The van der Waals surface area contributed by atoms with Gasteiger partial charge < -0.3 is 5.11 Å². The van der Waals surface area contributed by atoms with Gasteiger partial charge in [-0.05, 0) is 17.7 Å². The first kappa shape index (κ1) is 13.0. The van der Waals surface area contributed by atoms with Gasteiger partial charge in [-0.1, -0.05) is 47.7 Å². The van der Waals surface area contributed by atoms with Crippen LogP contribution >= 0.6 is 11.3 Å². The van der Waals surface area contributed by atoms with E-state index in [9.17, 15) is 4.79 Å². The van der Waals surface area contributed by atoms with Crippen LogP contribution in [0.5, 0.6) is 0 Å². The number of hydrogen-bond acceptors (Lipinski definition) is 3. The summed E-state index contributed by atoms with van der Waals surface area (Å²) in [6.07, 6.45) is 2.08. The summed E-state index contributed by atoms with van der Waals surface area (Å²) >= 11 is 1.58. The lowest BCUT2D eigenvalue weighted by Crippen LogP contribution is -1.99. The van der Waals surface area contributed by atoms with Crippen LogP contribution in [-0.2, 0) is 11.2 Å². The SMILES string of the molecule is O=C(O)Cc1ccc2c(c1)sc1nc(-c3ccccc3)cn12. The molecule has 0 fully saturated rings. The Balaban J connectivity index is 1.83. The number of benzene rings is 2. The Kier molecular flexibility index (Phi) is 2.94. The number of carboxylic acids is 1. The molecule has 4 aromatic rings. The van der Waals surface area contributed by atoms with Crippen LogP contribution in [0.25, 0.3) is 26.4 Å². The Hall–Kier alpha value is -2.66. The molecule has 0 amide bonds. The fourth-order valence-corrected chi connectivity index (χ4v) is 3.65. The van der Waals surface area contributed by atoms with Crippen molar-refractivity contribution in [3.8, 4) is 11.3 Å². The predicted octanol–water partition coefficient (Wildman–Crippen LogP) is 3.84. The molecule has 0 saturated heterocycles. The molecule has 0 aliphatic rings. The summed E-state index contributed by atoms with van der Waals surface area (Å²) in [6.45, 7) is 0. The minimum Gasteiger partial charge on any atom is -0.481 e. The Morgan fingerprint density at radius 3 is 2.77 bits per heavy atom. The van der Waals surface area contributed by atoms with Crippen LogP contribution in [-0.4, -0.2) is 20.5 Å². The highest BCUT2D eigenvalue weighted by molar-refractivity contribution is 7.23. The fourth-order valence-electron chi connectivity index (χ4n) is 2.58. The monoisotopic (exact) mass is 308 g/mol. The van der Waals surface area contributed by atoms with Gasteiger partial charge in [-0.2, -0.15) is 0 Å². The van der Waals surface area contributed by atoms with Crippen molar-refractivity contribution in [1.82, 2.24) is 9.38 Å². The lowest BCUT2D eigenvalue weighted by atomic mass is 10.1. The smallest absolute Gasteiger partial charge is 0.307 e. The zero-order valence-electron chi connectivity index (χ0n) is 11.6. The molecule has 2 aromatic heterocycles. The van der Waals surface area contributed by atoms with E-state index in [-0.39, 0.29) is 6.42 Å². The highest BCUT2D eigenvalue weighted by Gasteiger charge is 2.11. The topological polar surface area (TPSA) is 54.6 Å². The van der Waals surface area contributed by atoms with Gasteiger partial charge in [-0.3, -0.25) is 9.20 Å². The minimum absolute atomic E-state index is 0.0470. The fraction of sp³-hybridized carbons (Fsp3) is 0.0588. The zero-order valence-corrected chi connectivity index (χ0v) is 12.4. The predicted molar refractivity (Wildman–Crippen MR) is 87.4 cm³/mol. The molecule has 22 heavy (non-hydrogen) atoms. The molecule has 0 unspecified atom stereocenters. The lowest BCUT2D eigenvalue weighted by molar-refractivity contribution is -0.136. The van der Waals surface area contributed by atoms with Crippen molar-refractivity contribution >= 4 is 32.5 Å². The van der Waals surface area contributed by atoms with Crippen LogP contribution in [0.3, 0.4) is 0 Å². The van der Waals surface area contributed by atoms with E-state index < -0.39 is 5.97 Å². The second kappa shape index (κ2) is 4.96. The molecule has 108 valence electrons. The van der Waals surface area contributed by atoms with Crippen LogP contribution in [0, 0.1) is 0 Å². The summed E-state index contributed by atoms with van der Waals surface area (Å²) in [5.74, 6) is -0.813. The average Bonchev–Trinajstić information content (AvgIpc) is 3.04. The molecule has 4 nitrogen and oxygen atoms in total. The Labute approximate surface area is 130 Å². The summed E-state index contributed by atoms with van der Waals surface area (Å²) in [6, 6.07) is 15.8. The molecule has 0 atom stereocenters. The van der Waals surface area contributed by atoms with Gasteiger partial charge in [0.1, 0.15) is 0 Å². The Morgan fingerprint density at radius 1 is 1.18 bits per heavy atom. The molecule has 0 bridgehead atoms. The molecule has 2 heterocycles. The summed E-state index contributed by atoms with van der Waals surface area (Å²) in [4.78, 5) is 16.4. The van der Waals surface area contributed by atoms with Gasteiger partial charge >= 0.3 is 5.97 Å². The number of imidazole rings is 1. The zero-order chi connectivity index (χ0) is 15.1. The number of aliphatic carboxylic acids is 1. The molecule has 0 spiro atoms. The molecule has 1 N–H and O–H groups in total. The van der Waals surface area contributed by atoms with Gasteiger partial charge in [0, 0.05) is 11.8 Å². The van der Waals surface area contributed by atoms with Crippen LogP contribution in [0.2, 0.25) is 0 Å². The van der Waals surface area contributed by atoms with Crippen molar-refractivity contribution in [3.63, 3.8) is 0 Å². The Bertz CT molecular complexity index is 986. The summed E-state index contributed by atoms with van der Waals surface area (Å²) in [7, 11) is 0. The van der Waals surface area contributed by atoms with E-state index in [1.165, 1.54) is 0 Å². The third-order valence-electron chi connectivity index (χ3n) is 3.58. The maximum atomic E-state index is 10.8. The van der Waals surface area contributed by atoms with Gasteiger partial charge in [-0.15, -0.1) is 0 Å². The first-order chi connectivity index (χ1) is 10.7. The van der Waals surface area contributed by atoms with Gasteiger partial charge in [0.25, 0.3) is 0 Å². The number of rotatable bonds is 3. The number of fused-ring (bicyclic) bond motifs is 3. The quantitative estimate of drug-likeness (QED) is 0.625. The summed E-state index contributed by atoms with van der Waals surface area (Å²) in [5, 5.41) is 8.89. The molecule has 0 radical (unpaired) electrons. The maximum absolute atomic E-state index is 10.8. The van der Waals surface area contributed by atoms with Crippen LogP contribution < -0.4 is 0 Å². The molecule has 0 aliphatic heterocycles. The van der Waals surface area contributed by atoms with E-state index in [0.717, 1.165) is 32.0 Å². The molecular formula is C17H12N2O2S. The van der Waals surface area contributed by atoms with Gasteiger partial charge in [0.05, 0.1) is 22.3 Å². The van der Waals surface area contributed by atoms with Crippen molar-refractivity contribution < 1.29 is 9.90 Å². The van der Waals surface area contributed by atoms with E-state index >= 15 is 0 Å². The van der Waals surface area contributed by atoms with Crippen LogP contribution in [0.15, 0.2) is 54.7 Å². The van der Waals surface area contributed by atoms with Crippen molar-refractivity contribution in [3.05, 3.63) is 60.3 Å². The van der Waals surface area contributed by atoms with E-state index in [1.807, 2.05) is 54.7 Å². The largest absolute Gasteiger partial charge is 0.481 e. The number of hydrogen-bond donors (Lipinski definition) is 1. The van der Waals surface area contributed by atoms with E-state index in [4.69, 9.17) is 5.11 Å². The summed E-state index contributed by atoms with van der Waals surface area (Å²) < 4.78 is 3.12. The Morgan fingerprint density at radius 2 is 2.00 bits per heavy atom. The number of nitrogens with zero attached hydrogens (tertiary/aromatic N) is 2. The first-order valence-corrected chi connectivity index (χ1v) is 7.70. The third kappa shape index (κ3) is 2.16. The average molecular weight is 308 g/mol.